The van der Waals surface area contributed by atoms with Crippen molar-refractivity contribution in [1.82, 2.24) is 10.6 Å². The lowest BCUT2D eigenvalue weighted by atomic mass is 9.88. The van der Waals surface area contributed by atoms with Gasteiger partial charge in [0.2, 0.25) is 5.91 Å². The summed E-state index contributed by atoms with van der Waals surface area (Å²) in [4.78, 5) is 25.8. The Morgan fingerprint density at radius 2 is 1.60 bits per heavy atom. The summed E-state index contributed by atoms with van der Waals surface area (Å²) in [5.41, 5.74) is -2.12. The van der Waals surface area contributed by atoms with Gasteiger partial charge in [-0.25, -0.2) is 9.18 Å². The number of alkyl halides is 6. The van der Waals surface area contributed by atoms with Crippen molar-refractivity contribution in [3.05, 3.63) is 118 Å². The van der Waals surface area contributed by atoms with Crippen molar-refractivity contribution in [1.29, 1.82) is 0 Å². The number of carbonyl (C=O) groups excluding carboxylic acids is 2. The van der Waals surface area contributed by atoms with Gasteiger partial charge in [-0.15, -0.1) is 0 Å². The van der Waals surface area contributed by atoms with Crippen LogP contribution in [-0.2, 0) is 33.2 Å². The Kier molecular flexibility index (Phi) is 9.40. The number of benzene rings is 3. The van der Waals surface area contributed by atoms with Crippen molar-refractivity contribution in [3.8, 4) is 0 Å². The fourth-order valence-corrected chi connectivity index (χ4v) is 6.00. The molecule has 3 aromatic carbocycles. The number of hydrogen-bond acceptors (Lipinski definition) is 4. The number of ether oxygens (including phenoxy) is 2. The molecule has 0 aromatic heterocycles. The first-order valence-electron chi connectivity index (χ1n) is 14.8. The van der Waals surface area contributed by atoms with Crippen LogP contribution >= 0.6 is 0 Å². The third-order valence-electron chi connectivity index (χ3n) is 8.41. The van der Waals surface area contributed by atoms with E-state index >= 15 is 0 Å². The third kappa shape index (κ3) is 7.78. The summed E-state index contributed by atoms with van der Waals surface area (Å²) in [5, 5.41) is 5.44. The summed E-state index contributed by atoms with van der Waals surface area (Å²) in [6, 6.07) is 15.7. The van der Waals surface area contributed by atoms with Gasteiger partial charge in [-0.05, 0) is 79.3 Å². The van der Waals surface area contributed by atoms with E-state index in [0.29, 0.717) is 41.8 Å². The maximum atomic E-state index is 13.9. The molecule has 2 aliphatic rings. The molecule has 2 amide bonds. The van der Waals surface area contributed by atoms with Crippen molar-refractivity contribution >= 4 is 12.0 Å². The Morgan fingerprint density at radius 3 is 2.19 bits per heavy atom. The van der Waals surface area contributed by atoms with Crippen LogP contribution in [0.2, 0.25) is 0 Å². The van der Waals surface area contributed by atoms with Gasteiger partial charge < -0.3 is 20.1 Å². The fourth-order valence-electron chi connectivity index (χ4n) is 6.00. The van der Waals surface area contributed by atoms with Crippen LogP contribution in [0.3, 0.4) is 0 Å². The number of amides is 2. The number of hydrogen-bond donors (Lipinski definition) is 2. The van der Waals surface area contributed by atoms with Crippen molar-refractivity contribution in [2.24, 2.45) is 0 Å². The summed E-state index contributed by atoms with van der Waals surface area (Å²) in [7, 11) is 0. The monoisotopic (exact) mass is 664 g/mol. The highest BCUT2D eigenvalue weighted by Crippen LogP contribution is 2.47. The molecule has 3 aromatic rings. The largest absolute Gasteiger partial charge is 0.445 e. The van der Waals surface area contributed by atoms with Gasteiger partial charge in [0, 0.05) is 18.0 Å². The standard InChI is InChI=1S/C34H31F7N2O4/c1-19(22-14-23(33(36,37)38)16-24(15-22)34(39,40)41)47-28-13-12-26(29(28)21-8-10-25(35)11-9-21)27-17-32(2,30(44)42-27)43-31(45)46-18-20-6-4-3-5-7-20/h3-11,14-16,19,28-29H,12-13,17-18H2,1-2H3,(H,42,44)(H,43,45)/t19-,28+,29+,32-/m1/s1. The summed E-state index contributed by atoms with van der Waals surface area (Å²) < 4.78 is 106. The average Bonchev–Trinajstić information content (AvgIpc) is 3.55. The molecule has 6 nitrogen and oxygen atoms in total. The molecular weight excluding hydrogens is 633 g/mol. The van der Waals surface area contributed by atoms with E-state index in [4.69, 9.17) is 9.47 Å². The summed E-state index contributed by atoms with van der Waals surface area (Å²) >= 11 is 0. The van der Waals surface area contributed by atoms with E-state index in [1.165, 1.54) is 38.1 Å². The molecule has 47 heavy (non-hydrogen) atoms. The van der Waals surface area contributed by atoms with Crippen LogP contribution in [0, 0.1) is 5.82 Å². The van der Waals surface area contributed by atoms with Crippen LogP contribution in [-0.4, -0.2) is 23.6 Å². The van der Waals surface area contributed by atoms with Crippen molar-refractivity contribution in [3.63, 3.8) is 0 Å². The van der Waals surface area contributed by atoms with Crippen LogP contribution in [0.5, 0.6) is 0 Å². The zero-order valence-electron chi connectivity index (χ0n) is 25.3. The first kappa shape index (κ1) is 34.0. The van der Waals surface area contributed by atoms with E-state index in [1.807, 2.05) is 6.07 Å². The fraction of sp³-hybridized carbons (Fsp3) is 0.353. The molecule has 250 valence electrons. The van der Waals surface area contributed by atoms with E-state index < -0.39 is 65.0 Å². The SMILES string of the molecule is C[C@@H](O[C@H]1CCC(=C2C[C@@](C)(NC(=O)OCc3ccccc3)C(=O)N2)[C@@H]1c1ccc(F)cc1)c1cc(C(F)(F)F)cc(C(F)(F)F)c1. The molecule has 2 N–H and O–H groups in total. The Hall–Kier alpha value is -4.39. The number of alkyl carbamates (subject to hydrolysis) is 1. The lowest BCUT2D eigenvalue weighted by molar-refractivity contribution is -0.143. The molecular formula is C34H31F7N2O4. The number of nitrogens with one attached hydrogen (secondary N) is 2. The van der Waals surface area contributed by atoms with E-state index in [2.05, 4.69) is 10.6 Å². The predicted octanol–water partition coefficient (Wildman–Crippen LogP) is 8.35. The van der Waals surface area contributed by atoms with Crippen LogP contribution in [0.1, 0.15) is 72.9 Å². The zero-order chi connectivity index (χ0) is 34.1. The van der Waals surface area contributed by atoms with Gasteiger partial charge >= 0.3 is 18.4 Å². The summed E-state index contributed by atoms with van der Waals surface area (Å²) in [6.45, 7) is 2.88. The number of rotatable bonds is 7. The average molecular weight is 665 g/mol. The highest BCUT2D eigenvalue weighted by molar-refractivity contribution is 5.94. The summed E-state index contributed by atoms with van der Waals surface area (Å²) in [5.74, 6) is -1.65. The van der Waals surface area contributed by atoms with Gasteiger partial charge in [0.1, 0.15) is 18.0 Å². The minimum Gasteiger partial charge on any atom is -0.445 e. The predicted molar refractivity (Wildman–Crippen MR) is 156 cm³/mol. The minimum atomic E-state index is -5.02. The van der Waals surface area contributed by atoms with Crippen LogP contribution in [0.15, 0.2) is 84.1 Å². The smallest absolute Gasteiger partial charge is 0.416 e. The topological polar surface area (TPSA) is 76.7 Å². The number of carbonyl (C=O) groups is 2. The first-order valence-corrected chi connectivity index (χ1v) is 14.8. The van der Waals surface area contributed by atoms with Gasteiger partial charge in [0.15, 0.2) is 0 Å². The van der Waals surface area contributed by atoms with Crippen LogP contribution in [0.4, 0.5) is 35.5 Å². The second-order valence-electron chi connectivity index (χ2n) is 11.9. The maximum Gasteiger partial charge on any atom is 0.416 e. The molecule has 1 saturated carbocycles. The zero-order valence-corrected chi connectivity index (χ0v) is 25.3. The van der Waals surface area contributed by atoms with Crippen molar-refractivity contribution < 1.29 is 49.8 Å². The van der Waals surface area contributed by atoms with E-state index in [-0.39, 0.29) is 24.7 Å². The van der Waals surface area contributed by atoms with E-state index in [1.54, 1.807) is 24.3 Å². The molecule has 5 rings (SSSR count). The molecule has 13 heteroatoms. The van der Waals surface area contributed by atoms with Crippen LogP contribution < -0.4 is 10.6 Å². The summed E-state index contributed by atoms with van der Waals surface area (Å²) in [6.07, 6.45) is -12.1. The second-order valence-corrected chi connectivity index (χ2v) is 11.9. The molecule has 1 aliphatic carbocycles. The van der Waals surface area contributed by atoms with E-state index in [9.17, 15) is 40.3 Å². The Labute approximate surface area is 265 Å². The molecule has 0 radical (unpaired) electrons. The lowest BCUT2D eigenvalue weighted by Gasteiger charge is -2.27. The first-order chi connectivity index (χ1) is 22.0. The van der Waals surface area contributed by atoms with Gasteiger partial charge in [-0.2, -0.15) is 26.3 Å². The molecule has 2 fully saturated rings. The number of halogens is 7. The highest BCUT2D eigenvalue weighted by Gasteiger charge is 2.46. The molecule has 1 heterocycles. The van der Waals surface area contributed by atoms with Crippen molar-refractivity contribution in [2.45, 2.75) is 75.7 Å². The van der Waals surface area contributed by atoms with Gasteiger partial charge in [-0.1, -0.05) is 42.5 Å². The quantitative estimate of drug-likeness (QED) is 0.249. The second kappa shape index (κ2) is 13.0. The molecule has 1 aliphatic heterocycles. The molecule has 0 bridgehead atoms. The molecule has 4 atom stereocenters. The van der Waals surface area contributed by atoms with Gasteiger partial charge in [0.05, 0.1) is 23.3 Å². The molecule has 0 unspecified atom stereocenters. The molecule has 0 spiro atoms. The lowest BCUT2D eigenvalue weighted by Crippen LogP contribution is -2.51. The van der Waals surface area contributed by atoms with Gasteiger partial charge in [-0.3, -0.25) is 4.79 Å². The van der Waals surface area contributed by atoms with Crippen LogP contribution in [0.25, 0.3) is 0 Å². The Morgan fingerprint density at radius 1 is 0.979 bits per heavy atom. The highest BCUT2D eigenvalue weighted by atomic mass is 19.4. The van der Waals surface area contributed by atoms with Crippen molar-refractivity contribution in [2.75, 3.05) is 0 Å². The minimum absolute atomic E-state index is 0.0154. The van der Waals surface area contributed by atoms with E-state index in [0.717, 1.165) is 5.56 Å². The maximum absolute atomic E-state index is 13.9. The normalized spacial score (nSPS) is 23.8. The molecule has 1 saturated heterocycles. The Bertz CT molecular complexity index is 1620. The Balaban J connectivity index is 1.40. The van der Waals surface area contributed by atoms with Gasteiger partial charge in [0.25, 0.3) is 0 Å². The third-order valence-corrected chi connectivity index (χ3v) is 8.41.